The van der Waals surface area contributed by atoms with E-state index in [1.165, 1.54) is 19.3 Å². The highest BCUT2D eigenvalue weighted by Gasteiger charge is 2.46. The highest BCUT2D eigenvalue weighted by molar-refractivity contribution is 5.83. The van der Waals surface area contributed by atoms with Crippen LogP contribution in [0.5, 0.6) is 0 Å². The van der Waals surface area contributed by atoms with E-state index in [1.54, 1.807) is 0 Å². The Labute approximate surface area is 124 Å². The lowest BCUT2D eigenvalue weighted by molar-refractivity contribution is -0.143. The Morgan fingerprint density at radius 2 is 1.80 bits per heavy atom. The van der Waals surface area contributed by atoms with Crippen LogP contribution < -0.4 is 5.73 Å². The summed E-state index contributed by atoms with van der Waals surface area (Å²) in [6.07, 6.45) is 7.83. The van der Waals surface area contributed by atoms with Crippen LogP contribution in [-0.4, -0.2) is 30.4 Å². The second-order valence-corrected chi connectivity index (χ2v) is 7.35. The normalized spacial score (nSPS) is 33.4. The highest BCUT2D eigenvalue weighted by Crippen LogP contribution is 2.43. The number of hydrogen-bond acceptors (Lipinski definition) is 2. The molecule has 2 aliphatic rings. The van der Waals surface area contributed by atoms with Crippen LogP contribution in [0.3, 0.4) is 0 Å². The van der Waals surface area contributed by atoms with Gasteiger partial charge in [-0.25, -0.2) is 0 Å². The van der Waals surface area contributed by atoms with Crippen molar-refractivity contribution in [2.75, 3.05) is 19.6 Å². The second-order valence-electron chi connectivity index (χ2n) is 7.35. The molecule has 0 unspecified atom stereocenters. The molecule has 1 amide bonds. The average molecular weight is 280 g/mol. The number of rotatable bonds is 4. The monoisotopic (exact) mass is 280 g/mol. The van der Waals surface area contributed by atoms with Gasteiger partial charge < -0.3 is 10.6 Å². The molecular formula is C17H32N2O. The maximum absolute atomic E-state index is 13.0. The first-order valence-corrected chi connectivity index (χ1v) is 8.50. The summed E-state index contributed by atoms with van der Waals surface area (Å²) in [7, 11) is 0. The minimum absolute atomic E-state index is 0.246. The zero-order valence-corrected chi connectivity index (χ0v) is 13.6. The smallest absolute Gasteiger partial charge is 0.230 e. The molecule has 2 fully saturated rings. The van der Waals surface area contributed by atoms with Gasteiger partial charge in [-0.15, -0.1) is 0 Å². The number of amides is 1. The molecule has 1 aliphatic carbocycles. The van der Waals surface area contributed by atoms with Gasteiger partial charge in [0.2, 0.25) is 5.91 Å². The zero-order valence-electron chi connectivity index (χ0n) is 13.6. The second kappa shape index (κ2) is 6.05. The van der Waals surface area contributed by atoms with Crippen molar-refractivity contribution in [3.63, 3.8) is 0 Å². The Kier molecular flexibility index (Phi) is 4.78. The van der Waals surface area contributed by atoms with Crippen LogP contribution in [0.15, 0.2) is 0 Å². The van der Waals surface area contributed by atoms with E-state index >= 15 is 0 Å². The molecule has 3 nitrogen and oxygen atoms in total. The van der Waals surface area contributed by atoms with Crippen LogP contribution in [0, 0.1) is 16.7 Å². The molecule has 0 atom stereocenters. The van der Waals surface area contributed by atoms with E-state index in [-0.39, 0.29) is 5.41 Å². The Morgan fingerprint density at radius 1 is 1.20 bits per heavy atom. The SMILES string of the molecule is CCC1(CC)CCN(C(=O)C2(CN)CCC(C)CC2)C1. The minimum Gasteiger partial charge on any atom is -0.342 e. The molecule has 2 N–H and O–H groups in total. The number of carbonyl (C=O) groups is 1. The van der Waals surface area contributed by atoms with Crippen LogP contribution >= 0.6 is 0 Å². The fourth-order valence-electron chi connectivity index (χ4n) is 4.09. The lowest BCUT2D eigenvalue weighted by atomic mass is 9.70. The molecule has 1 saturated heterocycles. The standard InChI is InChI=1S/C17H32N2O/c1-4-16(5-2)10-11-19(13-16)15(20)17(12-18)8-6-14(3)7-9-17/h14H,4-13,18H2,1-3H3. The largest absolute Gasteiger partial charge is 0.342 e. The third kappa shape index (κ3) is 2.74. The molecule has 116 valence electrons. The lowest BCUT2D eigenvalue weighted by Crippen LogP contribution is -2.49. The Balaban J connectivity index is 2.07. The van der Waals surface area contributed by atoms with E-state index in [0.29, 0.717) is 17.9 Å². The predicted octanol–water partition coefficient (Wildman–Crippen LogP) is 3.18. The van der Waals surface area contributed by atoms with Crippen molar-refractivity contribution in [3.8, 4) is 0 Å². The van der Waals surface area contributed by atoms with Crippen LogP contribution in [0.1, 0.15) is 65.7 Å². The summed E-state index contributed by atoms with van der Waals surface area (Å²) < 4.78 is 0. The van der Waals surface area contributed by atoms with Crippen LogP contribution in [0.2, 0.25) is 0 Å². The van der Waals surface area contributed by atoms with Gasteiger partial charge in [0.05, 0.1) is 5.41 Å². The summed E-state index contributed by atoms with van der Waals surface area (Å²) in [4.78, 5) is 15.2. The quantitative estimate of drug-likeness (QED) is 0.859. The summed E-state index contributed by atoms with van der Waals surface area (Å²) in [5, 5.41) is 0. The molecule has 0 aromatic heterocycles. The summed E-state index contributed by atoms with van der Waals surface area (Å²) >= 11 is 0. The van der Waals surface area contributed by atoms with Crippen LogP contribution in [0.25, 0.3) is 0 Å². The Morgan fingerprint density at radius 3 is 2.25 bits per heavy atom. The number of likely N-dealkylation sites (tertiary alicyclic amines) is 1. The summed E-state index contributed by atoms with van der Waals surface area (Å²) in [5.74, 6) is 1.11. The summed E-state index contributed by atoms with van der Waals surface area (Å²) in [5.41, 5.74) is 6.16. The van der Waals surface area contributed by atoms with Gasteiger partial charge >= 0.3 is 0 Å². The summed E-state index contributed by atoms with van der Waals surface area (Å²) in [6.45, 7) is 9.24. The van der Waals surface area contributed by atoms with Gasteiger partial charge in [0.25, 0.3) is 0 Å². The average Bonchev–Trinajstić information content (AvgIpc) is 2.93. The number of nitrogens with two attached hydrogens (primary N) is 1. The van der Waals surface area contributed by atoms with Crippen molar-refractivity contribution >= 4 is 5.91 Å². The Bertz CT molecular complexity index is 341. The van der Waals surface area contributed by atoms with Gasteiger partial charge in [0.1, 0.15) is 0 Å². The van der Waals surface area contributed by atoms with Crippen molar-refractivity contribution in [2.45, 2.75) is 65.7 Å². The number of carbonyl (C=O) groups excluding carboxylic acids is 1. The van der Waals surface area contributed by atoms with E-state index in [1.807, 2.05) is 0 Å². The molecule has 0 aromatic carbocycles. The van der Waals surface area contributed by atoms with E-state index in [0.717, 1.165) is 44.7 Å². The molecule has 0 bridgehead atoms. The molecule has 0 spiro atoms. The molecule has 1 saturated carbocycles. The van der Waals surface area contributed by atoms with Crippen LogP contribution in [0.4, 0.5) is 0 Å². The molecule has 3 heteroatoms. The van der Waals surface area contributed by atoms with E-state index in [4.69, 9.17) is 5.73 Å². The van der Waals surface area contributed by atoms with E-state index < -0.39 is 0 Å². The minimum atomic E-state index is -0.246. The summed E-state index contributed by atoms with van der Waals surface area (Å²) in [6, 6.07) is 0. The molecular weight excluding hydrogens is 248 g/mol. The van der Waals surface area contributed by atoms with Crippen molar-refractivity contribution in [1.29, 1.82) is 0 Å². The molecule has 2 rings (SSSR count). The highest BCUT2D eigenvalue weighted by atomic mass is 16.2. The van der Waals surface area contributed by atoms with Gasteiger partial charge in [-0.05, 0) is 56.3 Å². The first-order valence-electron chi connectivity index (χ1n) is 8.50. The predicted molar refractivity (Wildman–Crippen MR) is 83.3 cm³/mol. The fourth-order valence-corrected chi connectivity index (χ4v) is 4.09. The van der Waals surface area contributed by atoms with Gasteiger partial charge in [-0.3, -0.25) is 4.79 Å². The number of nitrogens with zero attached hydrogens (tertiary/aromatic N) is 1. The molecule has 1 aliphatic heterocycles. The van der Waals surface area contributed by atoms with Crippen molar-refractivity contribution in [3.05, 3.63) is 0 Å². The van der Waals surface area contributed by atoms with Crippen molar-refractivity contribution in [1.82, 2.24) is 4.90 Å². The Hall–Kier alpha value is -0.570. The zero-order chi connectivity index (χ0) is 14.8. The van der Waals surface area contributed by atoms with Crippen molar-refractivity contribution < 1.29 is 4.79 Å². The number of hydrogen-bond donors (Lipinski definition) is 1. The molecule has 0 aromatic rings. The maximum atomic E-state index is 13.0. The lowest BCUT2D eigenvalue weighted by Gasteiger charge is -2.40. The van der Waals surface area contributed by atoms with Crippen molar-refractivity contribution in [2.24, 2.45) is 22.5 Å². The third-order valence-electron chi connectivity index (χ3n) is 6.30. The molecule has 20 heavy (non-hydrogen) atoms. The van der Waals surface area contributed by atoms with E-state index in [9.17, 15) is 4.79 Å². The first-order chi connectivity index (χ1) is 9.51. The van der Waals surface area contributed by atoms with E-state index in [2.05, 4.69) is 25.7 Å². The van der Waals surface area contributed by atoms with Crippen LogP contribution in [-0.2, 0) is 4.79 Å². The molecule has 0 radical (unpaired) electrons. The maximum Gasteiger partial charge on any atom is 0.230 e. The third-order valence-corrected chi connectivity index (χ3v) is 6.30. The van der Waals surface area contributed by atoms with Gasteiger partial charge in [0, 0.05) is 19.6 Å². The fraction of sp³-hybridized carbons (Fsp3) is 0.941. The van der Waals surface area contributed by atoms with Gasteiger partial charge in [-0.2, -0.15) is 0 Å². The van der Waals surface area contributed by atoms with Gasteiger partial charge in [0.15, 0.2) is 0 Å². The first kappa shape index (κ1) is 15.8. The molecule has 1 heterocycles. The van der Waals surface area contributed by atoms with Gasteiger partial charge in [-0.1, -0.05) is 20.8 Å². The topological polar surface area (TPSA) is 46.3 Å².